The lowest BCUT2D eigenvalue weighted by Crippen LogP contribution is -2.06. The molecule has 0 aromatic heterocycles. The first kappa shape index (κ1) is 15.8. The Morgan fingerprint density at radius 2 is 1.63 bits per heavy atom. The van der Waals surface area contributed by atoms with Crippen LogP contribution < -0.4 is 9.47 Å². The van der Waals surface area contributed by atoms with E-state index in [0.717, 1.165) is 23.7 Å². The lowest BCUT2D eigenvalue weighted by atomic mass is 10.2. The lowest BCUT2D eigenvalue weighted by Gasteiger charge is -2.14. The monoisotopic (exact) mass is 266 g/mol. The van der Waals surface area contributed by atoms with Gasteiger partial charge in [-0.25, -0.2) is 0 Å². The predicted molar refractivity (Wildman–Crippen MR) is 77.8 cm³/mol. The van der Waals surface area contributed by atoms with Crippen molar-refractivity contribution < 1.29 is 14.2 Å². The van der Waals surface area contributed by atoms with E-state index in [1.165, 1.54) is 0 Å². The molecule has 1 aromatic rings. The third kappa shape index (κ3) is 5.97. The Labute approximate surface area is 116 Å². The van der Waals surface area contributed by atoms with Crippen molar-refractivity contribution in [3.63, 3.8) is 0 Å². The molecule has 0 heterocycles. The molecule has 3 nitrogen and oxygen atoms in total. The fourth-order valence-corrected chi connectivity index (χ4v) is 1.59. The van der Waals surface area contributed by atoms with Crippen LogP contribution in [0.25, 0.3) is 0 Å². The van der Waals surface area contributed by atoms with E-state index in [1.807, 2.05) is 18.2 Å². The van der Waals surface area contributed by atoms with Crippen molar-refractivity contribution in [2.75, 3.05) is 20.3 Å². The summed E-state index contributed by atoms with van der Waals surface area (Å²) >= 11 is 0. The molecule has 108 valence electrons. The first-order valence-electron chi connectivity index (χ1n) is 6.90. The van der Waals surface area contributed by atoms with Gasteiger partial charge in [0.15, 0.2) is 11.5 Å². The molecule has 0 bridgehead atoms. The highest BCUT2D eigenvalue weighted by atomic mass is 16.5. The summed E-state index contributed by atoms with van der Waals surface area (Å²) < 4.78 is 16.7. The molecule has 0 spiro atoms. The van der Waals surface area contributed by atoms with E-state index in [1.54, 1.807) is 7.11 Å². The standard InChI is InChI=1S/C16H26O3/c1-12(2)9-18-11-14-6-7-15(16(8-14)17-5)19-10-13(3)4/h6-8,12-13H,9-11H2,1-5H3. The minimum absolute atomic E-state index is 0.499. The van der Waals surface area contributed by atoms with Crippen LogP contribution in [0.1, 0.15) is 33.3 Å². The summed E-state index contributed by atoms with van der Waals surface area (Å²) in [4.78, 5) is 0. The van der Waals surface area contributed by atoms with Gasteiger partial charge in [-0.05, 0) is 29.5 Å². The van der Waals surface area contributed by atoms with Gasteiger partial charge in [-0.2, -0.15) is 0 Å². The normalized spacial score (nSPS) is 11.1. The molecule has 0 aliphatic rings. The minimum atomic E-state index is 0.499. The van der Waals surface area contributed by atoms with Crippen LogP contribution in [0.3, 0.4) is 0 Å². The Balaban J connectivity index is 2.61. The molecular formula is C16H26O3. The first-order chi connectivity index (χ1) is 9.02. The molecule has 1 rings (SSSR count). The molecule has 0 aliphatic heterocycles. The summed E-state index contributed by atoms with van der Waals surface area (Å²) in [5.74, 6) is 2.62. The highest BCUT2D eigenvalue weighted by Crippen LogP contribution is 2.28. The number of hydrogen-bond donors (Lipinski definition) is 0. The van der Waals surface area contributed by atoms with Crippen LogP contribution in [-0.4, -0.2) is 20.3 Å². The molecule has 0 unspecified atom stereocenters. The minimum Gasteiger partial charge on any atom is -0.493 e. The molecule has 0 atom stereocenters. The highest BCUT2D eigenvalue weighted by molar-refractivity contribution is 5.42. The summed E-state index contributed by atoms with van der Waals surface area (Å²) in [6.07, 6.45) is 0. The van der Waals surface area contributed by atoms with Crippen molar-refractivity contribution in [2.24, 2.45) is 11.8 Å². The van der Waals surface area contributed by atoms with Crippen molar-refractivity contribution in [3.05, 3.63) is 23.8 Å². The molecule has 0 N–H and O–H groups in total. The fraction of sp³-hybridized carbons (Fsp3) is 0.625. The van der Waals surface area contributed by atoms with Crippen molar-refractivity contribution in [1.29, 1.82) is 0 Å². The molecular weight excluding hydrogens is 240 g/mol. The number of benzene rings is 1. The van der Waals surface area contributed by atoms with Gasteiger partial charge >= 0.3 is 0 Å². The van der Waals surface area contributed by atoms with E-state index in [4.69, 9.17) is 14.2 Å². The average Bonchev–Trinajstić information content (AvgIpc) is 2.36. The number of ether oxygens (including phenoxy) is 3. The molecule has 1 aromatic carbocycles. The van der Waals surface area contributed by atoms with Gasteiger partial charge in [-0.1, -0.05) is 33.8 Å². The van der Waals surface area contributed by atoms with Crippen LogP contribution in [0.5, 0.6) is 11.5 Å². The summed E-state index contributed by atoms with van der Waals surface area (Å²) in [5, 5.41) is 0. The quantitative estimate of drug-likeness (QED) is 0.714. The maximum Gasteiger partial charge on any atom is 0.161 e. The van der Waals surface area contributed by atoms with E-state index >= 15 is 0 Å². The largest absolute Gasteiger partial charge is 0.493 e. The van der Waals surface area contributed by atoms with E-state index in [9.17, 15) is 0 Å². The van der Waals surface area contributed by atoms with Crippen LogP contribution >= 0.6 is 0 Å². The van der Waals surface area contributed by atoms with Crippen molar-refractivity contribution >= 4 is 0 Å². The van der Waals surface area contributed by atoms with Crippen molar-refractivity contribution in [1.82, 2.24) is 0 Å². The molecule has 0 radical (unpaired) electrons. The SMILES string of the molecule is COc1cc(COCC(C)C)ccc1OCC(C)C. The van der Waals surface area contributed by atoms with Gasteiger partial charge < -0.3 is 14.2 Å². The predicted octanol–water partition coefficient (Wildman–Crippen LogP) is 3.90. The molecule has 19 heavy (non-hydrogen) atoms. The third-order valence-electron chi connectivity index (χ3n) is 2.52. The lowest BCUT2D eigenvalue weighted by molar-refractivity contribution is 0.0969. The Bertz CT molecular complexity index is 372. The molecule has 0 amide bonds. The van der Waals surface area contributed by atoms with Crippen LogP contribution in [0.4, 0.5) is 0 Å². The maximum atomic E-state index is 5.72. The van der Waals surface area contributed by atoms with Crippen LogP contribution in [0.15, 0.2) is 18.2 Å². The van der Waals surface area contributed by atoms with Gasteiger partial charge in [0, 0.05) is 6.61 Å². The first-order valence-corrected chi connectivity index (χ1v) is 6.90. The summed E-state index contributed by atoms with van der Waals surface area (Å²) in [6.45, 7) is 10.6. The van der Waals surface area contributed by atoms with Crippen molar-refractivity contribution in [2.45, 2.75) is 34.3 Å². The van der Waals surface area contributed by atoms with E-state index in [-0.39, 0.29) is 0 Å². The number of rotatable bonds is 8. The molecule has 0 saturated heterocycles. The van der Waals surface area contributed by atoms with E-state index < -0.39 is 0 Å². The van der Waals surface area contributed by atoms with Crippen LogP contribution in [-0.2, 0) is 11.3 Å². The van der Waals surface area contributed by atoms with Gasteiger partial charge in [0.25, 0.3) is 0 Å². The average molecular weight is 266 g/mol. The Morgan fingerprint density at radius 1 is 0.947 bits per heavy atom. The van der Waals surface area contributed by atoms with E-state index in [0.29, 0.717) is 25.0 Å². The smallest absolute Gasteiger partial charge is 0.161 e. The zero-order valence-corrected chi connectivity index (χ0v) is 12.7. The summed E-state index contributed by atoms with van der Waals surface area (Å²) in [6, 6.07) is 5.96. The summed E-state index contributed by atoms with van der Waals surface area (Å²) in [7, 11) is 1.66. The van der Waals surface area contributed by atoms with E-state index in [2.05, 4.69) is 27.7 Å². The van der Waals surface area contributed by atoms with Gasteiger partial charge in [0.1, 0.15) is 0 Å². The molecule has 0 aliphatic carbocycles. The van der Waals surface area contributed by atoms with Gasteiger partial charge in [-0.3, -0.25) is 0 Å². The molecule has 3 heteroatoms. The van der Waals surface area contributed by atoms with Gasteiger partial charge in [0.2, 0.25) is 0 Å². The van der Waals surface area contributed by atoms with Gasteiger partial charge in [-0.15, -0.1) is 0 Å². The Hall–Kier alpha value is -1.22. The molecule has 0 fully saturated rings. The highest BCUT2D eigenvalue weighted by Gasteiger charge is 2.07. The summed E-state index contributed by atoms with van der Waals surface area (Å²) in [5.41, 5.74) is 1.11. The van der Waals surface area contributed by atoms with Crippen molar-refractivity contribution in [3.8, 4) is 11.5 Å². The second kappa shape index (κ2) is 8.05. The zero-order valence-electron chi connectivity index (χ0n) is 12.7. The molecule has 0 saturated carbocycles. The second-order valence-electron chi connectivity index (χ2n) is 5.60. The van der Waals surface area contributed by atoms with Gasteiger partial charge in [0.05, 0.1) is 20.3 Å². The van der Waals surface area contributed by atoms with Crippen LogP contribution in [0.2, 0.25) is 0 Å². The third-order valence-corrected chi connectivity index (χ3v) is 2.52. The number of methoxy groups -OCH3 is 1. The number of hydrogen-bond acceptors (Lipinski definition) is 3. The second-order valence-corrected chi connectivity index (χ2v) is 5.60. The Morgan fingerprint density at radius 3 is 2.21 bits per heavy atom. The maximum absolute atomic E-state index is 5.72. The fourth-order valence-electron chi connectivity index (χ4n) is 1.59. The zero-order chi connectivity index (χ0) is 14.3. The topological polar surface area (TPSA) is 27.7 Å². The van der Waals surface area contributed by atoms with Crippen LogP contribution in [0, 0.1) is 11.8 Å². The Kier molecular flexibility index (Phi) is 6.71.